The van der Waals surface area contributed by atoms with Gasteiger partial charge < -0.3 is 15.3 Å². The van der Waals surface area contributed by atoms with Gasteiger partial charge in [0, 0.05) is 30.2 Å². The van der Waals surface area contributed by atoms with E-state index < -0.39 is 0 Å². The fourth-order valence-corrected chi connectivity index (χ4v) is 1.42. The number of phenolic OH excluding ortho intramolecular Hbond substituents is 1. The highest BCUT2D eigenvalue weighted by molar-refractivity contribution is 6.30. The maximum Gasteiger partial charge on any atom is 0.120 e. The molecule has 84 valence electrons. The maximum atomic E-state index is 9.53. The van der Waals surface area contributed by atoms with Gasteiger partial charge in [-0.3, -0.25) is 0 Å². The molecule has 0 unspecified atom stereocenters. The minimum Gasteiger partial charge on any atom is -0.508 e. The maximum absolute atomic E-state index is 9.53. The number of hydrogen-bond donors (Lipinski definition) is 2. The lowest BCUT2D eigenvalue weighted by atomic mass is 10.2. The summed E-state index contributed by atoms with van der Waals surface area (Å²) in [5.41, 5.74) is 0.834. The zero-order chi connectivity index (χ0) is 11.3. The summed E-state index contributed by atoms with van der Waals surface area (Å²) >= 11 is 5.83. The predicted molar refractivity (Wildman–Crippen MR) is 63.4 cm³/mol. The molecule has 0 aliphatic rings. The van der Waals surface area contributed by atoms with E-state index in [0.717, 1.165) is 18.7 Å². The van der Waals surface area contributed by atoms with Crippen LogP contribution in [0.5, 0.6) is 5.75 Å². The largest absolute Gasteiger partial charge is 0.508 e. The number of aromatic hydroxyl groups is 1. The fraction of sp³-hybridized carbons (Fsp3) is 0.455. The average molecular weight is 229 g/mol. The molecule has 1 aromatic carbocycles. The smallest absolute Gasteiger partial charge is 0.120 e. The molecule has 3 nitrogen and oxygen atoms in total. The van der Waals surface area contributed by atoms with Gasteiger partial charge in [0.1, 0.15) is 5.75 Å². The normalized spacial score (nSPS) is 10.9. The number of nitrogens with one attached hydrogen (secondary N) is 1. The van der Waals surface area contributed by atoms with Crippen LogP contribution < -0.4 is 5.32 Å². The van der Waals surface area contributed by atoms with E-state index in [1.807, 2.05) is 14.1 Å². The van der Waals surface area contributed by atoms with Crippen LogP contribution in [0.25, 0.3) is 0 Å². The Labute approximate surface area is 95.7 Å². The minimum absolute atomic E-state index is 0.289. The van der Waals surface area contributed by atoms with Crippen LogP contribution in [0, 0.1) is 0 Å². The van der Waals surface area contributed by atoms with E-state index in [1.54, 1.807) is 18.2 Å². The molecule has 2 N–H and O–H groups in total. The molecule has 0 atom stereocenters. The van der Waals surface area contributed by atoms with E-state index in [2.05, 4.69) is 10.2 Å². The first-order valence-corrected chi connectivity index (χ1v) is 5.30. The number of hydrogen-bond acceptors (Lipinski definition) is 3. The van der Waals surface area contributed by atoms with Crippen molar-refractivity contribution in [1.29, 1.82) is 0 Å². The minimum atomic E-state index is 0.289. The second-order valence-electron chi connectivity index (χ2n) is 3.75. The van der Waals surface area contributed by atoms with Crippen molar-refractivity contribution in [2.24, 2.45) is 0 Å². The lowest BCUT2D eigenvalue weighted by molar-refractivity contribution is 0.398. The van der Waals surface area contributed by atoms with Gasteiger partial charge in [-0.05, 0) is 32.3 Å². The van der Waals surface area contributed by atoms with Crippen molar-refractivity contribution in [1.82, 2.24) is 10.2 Å². The predicted octanol–water partition coefficient (Wildman–Crippen LogP) is 1.70. The summed E-state index contributed by atoms with van der Waals surface area (Å²) in [6, 6.07) is 5.07. The van der Waals surface area contributed by atoms with Gasteiger partial charge >= 0.3 is 0 Å². The summed E-state index contributed by atoms with van der Waals surface area (Å²) < 4.78 is 0. The van der Waals surface area contributed by atoms with Gasteiger partial charge in [-0.15, -0.1) is 0 Å². The summed E-state index contributed by atoms with van der Waals surface area (Å²) in [4.78, 5) is 2.10. The van der Waals surface area contributed by atoms with Crippen LogP contribution in [0.4, 0.5) is 0 Å². The van der Waals surface area contributed by atoms with Crippen molar-refractivity contribution >= 4 is 11.6 Å². The molecule has 0 aliphatic heterocycles. The third-order valence-corrected chi connectivity index (χ3v) is 2.33. The van der Waals surface area contributed by atoms with E-state index in [9.17, 15) is 5.11 Å². The third kappa shape index (κ3) is 4.51. The van der Waals surface area contributed by atoms with E-state index >= 15 is 0 Å². The Morgan fingerprint density at radius 2 is 2.13 bits per heavy atom. The van der Waals surface area contributed by atoms with E-state index in [-0.39, 0.29) is 5.75 Å². The van der Waals surface area contributed by atoms with Crippen molar-refractivity contribution in [3.8, 4) is 5.75 Å². The lowest BCUT2D eigenvalue weighted by Gasteiger charge is -2.11. The molecule has 0 radical (unpaired) electrons. The first-order chi connectivity index (χ1) is 7.09. The molecule has 1 rings (SSSR count). The second-order valence-corrected chi connectivity index (χ2v) is 4.19. The van der Waals surface area contributed by atoms with Gasteiger partial charge in [-0.1, -0.05) is 11.6 Å². The Morgan fingerprint density at radius 1 is 1.40 bits per heavy atom. The van der Waals surface area contributed by atoms with Gasteiger partial charge in [0.25, 0.3) is 0 Å². The van der Waals surface area contributed by atoms with Gasteiger partial charge in [-0.2, -0.15) is 0 Å². The number of benzene rings is 1. The molecule has 0 bridgehead atoms. The van der Waals surface area contributed by atoms with Crippen LogP contribution >= 0.6 is 11.6 Å². The quantitative estimate of drug-likeness (QED) is 0.753. The number of likely N-dealkylation sites (N-methyl/N-ethyl adjacent to an activating group) is 1. The van der Waals surface area contributed by atoms with E-state index in [0.29, 0.717) is 11.6 Å². The summed E-state index contributed by atoms with van der Waals surface area (Å²) in [6.07, 6.45) is 0. The highest BCUT2D eigenvalue weighted by atomic mass is 35.5. The van der Waals surface area contributed by atoms with Crippen molar-refractivity contribution in [2.45, 2.75) is 6.54 Å². The highest BCUT2D eigenvalue weighted by Gasteiger charge is 2.01. The SMILES string of the molecule is CN(C)CCNCc1cc(Cl)ccc1O. The topological polar surface area (TPSA) is 35.5 Å². The average Bonchev–Trinajstić information content (AvgIpc) is 2.17. The lowest BCUT2D eigenvalue weighted by Crippen LogP contribution is -2.26. The highest BCUT2D eigenvalue weighted by Crippen LogP contribution is 2.20. The molecule has 0 aromatic heterocycles. The molecule has 1 aromatic rings. The Morgan fingerprint density at radius 3 is 2.80 bits per heavy atom. The van der Waals surface area contributed by atoms with Crippen LogP contribution in [0.15, 0.2) is 18.2 Å². The second kappa shape index (κ2) is 5.95. The first kappa shape index (κ1) is 12.3. The molecule has 0 heterocycles. The third-order valence-electron chi connectivity index (χ3n) is 2.09. The molecule has 0 fully saturated rings. The van der Waals surface area contributed by atoms with Gasteiger partial charge in [-0.25, -0.2) is 0 Å². The molecule has 0 aliphatic carbocycles. The number of phenols is 1. The van der Waals surface area contributed by atoms with Gasteiger partial charge in [0.2, 0.25) is 0 Å². The molecule has 4 heteroatoms. The molecular weight excluding hydrogens is 212 g/mol. The Hall–Kier alpha value is -0.770. The molecule has 0 amide bonds. The van der Waals surface area contributed by atoms with Gasteiger partial charge in [0.15, 0.2) is 0 Å². The van der Waals surface area contributed by atoms with Crippen LogP contribution in [0.3, 0.4) is 0 Å². The van der Waals surface area contributed by atoms with E-state index in [1.165, 1.54) is 0 Å². The van der Waals surface area contributed by atoms with Crippen LogP contribution in [-0.2, 0) is 6.54 Å². The van der Waals surface area contributed by atoms with Crippen molar-refractivity contribution < 1.29 is 5.11 Å². The van der Waals surface area contributed by atoms with Crippen LogP contribution in [-0.4, -0.2) is 37.2 Å². The summed E-state index contributed by atoms with van der Waals surface area (Å²) in [7, 11) is 4.05. The van der Waals surface area contributed by atoms with Crippen LogP contribution in [0.1, 0.15) is 5.56 Å². The molecular formula is C11H17ClN2O. The Balaban J connectivity index is 2.40. The Bertz CT molecular complexity index is 315. The zero-order valence-corrected chi connectivity index (χ0v) is 9.88. The standard InChI is InChI=1S/C11H17ClN2O/c1-14(2)6-5-13-8-9-7-10(12)3-4-11(9)15/h3-4,7,13,15H,5-6,8H2,1-2H3. The first-order valence-electron chi connectivity index (χ1n) is 4.92. The summed E-state index contributed by atoms with van der Waals surface area (Å²) in [5.74, 6) is 0.289. The molecule has 15 heavy (non-hydrogen) atoms. The van der Waals surface area contributed by atoms with Crippen LogP contribution in [0.2, 0.25) is 5.02 Å². The number of rotatable bonds is 5. The summed E-state index contributed by atoms with van der Waals surface area (Å²) in [5, 5.41) is 13.4. The van der Waals surface area contributed by atoms with Gasteiger partial charge in [0.05, 0.1) is 0 Å². The zero-order valence-electron chi connectivity index (χ0n) is 9.13. The molecule has 0 saturated heterocycles. The van der Waals surface area contributed by atoms with E-state index in [4.69, 9.17) is 11.6 Å². The number of nitrogens with zero attached hydrogens (tertiary/aromatic N) is 1. The molecule has 0 spiro atoms. The van der Waals surface area contributed by atoms with Crippen molar-refractivity contribution in [3.05, 3.63) is 28.8 Å². The van der Waals surface area contributed by atoms with Crippen molar-refractivity contribution in [2.75, 3.05) is 27.2 Å². The fourth-order valence-electron chi connectivity index (χ4n) is 1.22. The monoisotopic (exact) mass is 228 g/mol. The molecule has 0 saturated carbocycles. The Kier molecular flexibility index (Phi) is 4.88. The van der Waals surface area contributed by atoms with Crippen molar-refractivity contribution in [3.63, 3.8) is 0 Å². The summed E-state index contributed by atoms with van der Waals surface area (Å²) in [6.45, 7) is 2.50. The number of halogens is 1.